The molecule has 2 aromatic heterocycles. The third-order valence-corrected chi connectivity index (χ3v) is 3.75. The van der Waals surface area contributed by atoms with Crippen molar-refractivity contribution < 1.29 is 0 Å². The van der Waals surface area contributed by atoms with Crippen LogP contribution in [0.15, 0.2) is 30.5 Å². The molecule has 1 aromatic carbocycles. The second kappa shape index (κ2) is 4.93. The number of benzene rings is 1. The number of hydrogen-bond donors (Lipinski definition) is 1. The molecule has 0 aliphatic carbocycles. The summed E-state index contributed by atoms with van der Waals surface area (Å²) in [6.07, 6.45) is 1.95. The Morgan fingerprint density at radius 3 is 2.33 bits per heavy atom. The molecule has 6 heteroatoms. The first-order chi connectivity index (χ1) is 9.97. The van der Waals surface area contributed by atoms with Gasteiger partial charge in [-0.15, -0.1) is 0 Å². The summed E-state index contributed by atoms with van der Waals surface area (Å²) < 4.78 is 3.47. The maximum absolute atomic E-state index is 6.21. The van der Waals surface area contributed by atoms with Crippen LogP contribution in [-0.4, -0.2) is 19.6 Å². The summed E-state index contributed by atoms with van der Waals surface area (Å²) in [5, 5.41) is 9.63. The molecule has 0 saturated heterocycles. The molecule has 5 nitrogen and oxygen atoms in total. The topological polar surface area (TPSA) is 61.7 Å². The monoisotopic (exact) mass is 301 g/mol. The van der Waals surface area contributed by atoms with Crippen molar-refractivity contribution >= 4 is 17.4 Å². The minimum atomic E-state index is 0.621. The van der Waals surface area contributed by atoms with Crippen LogP contribution in [0, 0.1) is 6.92 Å². The smallest absolute Gasteiger partial charge is 0.129 e. The molecule has 0 spiro atoms. The van der Waals surface area contributed by atoms with Crippen LogP contribution in [0.3, 0.4) is 0 Å². The minimum Gasteiger partial charge on any atom is -0.383 e. The number of aromatic nitrogens is 4. The second-order valence-electron chi connectivity index (χ2n) is 5.04. The number of nitrogens with zero attached hydrogens (tertiary/aromatic N) is 4. The van der Waals surface area contributed by atoms with Gasteiger partial charge < -0.3 is 5.73 Å². The summed E-state index contributed by atoms with van der Waals surface area (Å²) in [6.45, 7) is 1.96. The van der Waals surface area contributed by atoms with Gasteiger partial charge in [0.1, 0.15) is 11.5 Å². The van der Waals surface area contributed by atoms with Gasteiger partial charge in [-0.1, -0.05) is 23.7 Å². The van der Waals surface area contributed by atoms with E-state index in [-0.39, 0.29) is 0 Å². The van der Waals surface area contributed by atoms with Gasteiger partial charge in [-0.2, -0.15) is 10.2 Å². The number of halogens is 1. The normalized spacial score (nSPS) is 11.0. The highest BCUT2D eigenvalue weighted by Gasteiger charge is 2.20. The predicted molar refractivity (Wildman–Crippen MR) is 85.0 cm³/mol. The molecular weight excluding hydrogens is 286 g/mol. The number of anilines is 1. The van der Waals surface area contributed by atoms with E-state index in [9.17, 15) is 0 Å². The first kappa shape index (κ1) is 13.7. The van der Waals surface area contributed by atoms with Gasteiger partial charge in [0.2, 0.25) is 0 Å². The minimum absolute atomic E-state index is 0.621. The fourth-order valence-electron chi connectivity index (χ4n) is 2.46. The summed E-state index contributed by atoms with van der Waals surface area (Å²) in [4.78, 5) is 0. The van der Waals surface area contributed by atoms with Crippen molar-refractivity contribution in [2.24, 2.45) is 14.1 Å². The lowest BCUT2D eigenvalue weighted by atomic mass is 10.0. The second-order valence-corrected chi connectivity index (χ2v) is 5.48. The highest BCUT2D eigenvalue weighted by Crippen LogP contribution is 2.37. The van der Waals surface area contributed by atoms with Crippen molar-refractivity contribution in [3.8, 4) is 22.4 Å². The van der Waals surface area contributed by atoms with Crippen molar-refractivity contribution in [1.82, 2.24) is 19.6 Å². The van der Waals surface area contributed by atoms with Crippen LogP contribution in [0.5, 0.6) is 0 Å². The van der Waals surface area contributed by atoms with Gasteiger partial charge >= 0.3 is 0 Å². The zero-order valence-corrected chi connectivity index (χ0v) is 12.9. The molecule has 0 atom stereocenters. The van der Waals surface area contributed by atoms with E-state index >= 15 is 0 Å². The van der Waals surface area contributed by atoms with Crippen LogP contribution >= 0.6 is 11.6 Å². The number of aryl methyl sites for hydroxylation is 3. The Labute approximate surface area is 127 Å². The molecule has 0 aliphatic rings. The maximum Gasteiger partial charge on any atom is 0.129 e. The lowest BCUT2D eigenvalue weighted by Gasteiger charge is -2.04. The van der Waals surface area contributed by atoms with Crippen LogP contribution in [0.1, 0.15) is 5.69 Å². The Morgan fingerprint density at radius 1 is 1.10 bits per heavy atom. The van der Waals surface area contributed by atoms with Crippen molar-refractivity contribution in [2.45, 2.75) is 6.92 Å². The summed E-state index contributed by atoms with van der Waals surface area (Å²) in [7, 11) is 3.73. The summed E-state index contributed by atoms with van der Waals surface area (Å²) in [5.74, 6) is 0.621. The fraction of sp³-hybridized carbons (Fsp3) is 0.200. The predicted octanol–water partition coefficient (Wildman–Crippen LogP) is 3.03. The quantitative estimate of drug-likeness (QED) is 0.791. The fourth-order valence-corrected chi connectivity index (χ4v) is 2.58. The zero-order chi connectivity index (χ0) is 15.1. The first-order valence-electron chi connectivity index (χ1n) is 6.56. The molecule has 0 radical (unpaired) electrons. The molecule has 21 heavy (non-hydrogen) atoms. The van der Waals surface area contributed by atoms with Crippen LogP contribution in [-0.2, 0) is 14.1 Å². The van der Waals surface area contributed by atoms with E-state index in [1.54, 1.807) is 9.36 Å². The van der Waals surface area contributed by atoms with Gasteiger partial charge in [0.05, 0.1) is 11.3 Å². The maximum atomic E-state index is 6.21. The highest BCUT2D eigenvalue weighted by molar-refractivity contribution is 6.30. The van der Waals surface area contributed by atoms with E-state index in [4.69, 9.17) is 17.3 Å². The Balaban J connectivity index is 2.25. The summed E-state index contributed by atoms with van der Waals surface area (Å²) in [5.41, 5.74) is 10.8. The molecule has 2 N–H and O–H groups in total. The lowest BCUT2D eigenvalue weighted by Crippen LogP contribution is -1.97. The van der Waals surface area contributed by atoms with Gasteiger partial charge in [-0.05, 0) is 24.6 Å². The number of nitrogen functional groups attached to an aromatic ring is 1. The van der Waals surface area contributed by atoms with Crippen molar-refractivity contribution in [2.75, 3.05) is 5.73 Å². The molecule has 2 heterocycles. The largest absolute Gasteiger partial charge is 0.383 e. The van der Waals surface area contributed by atoms with Crippen LogP contribution in [0.2, 0.25) is 5.02 Å². The van der Waals surface area contributed by atoms with E-state index in [2.05, 4.69) is 10.2 Å². The molecule has 0 bridgehead atoms. The SMILES string of the molecule is Cc1nn(C)cc1-c1nn(C)c(N)c1-c1ccc(Cl)cc1. The van der Waals surface area contributed by atoms with Gasteiger partial charge in [-0.3, -0.25) is 9.36 Å². The molecular formula is C15H16ClN5. The molecule has 0 amide bonds. The van der Waals surface area contributed by atoms with E-state index < -0.39 is 0 Å². The summed E-state index contributed by atoms with van der Waals surface area (Å²) in [6, 6.07) is 7.60. The Kier molecular flexibility index (Phi) is 3.22. The third-order valence-electron chi connectivity index (χ3n) is 3.49. The van der Waals surface area contributed by atoms with Gasteiger partial charge in [0, 0.05) is 30.9 Å². The third kappa shape index (κ3) is 2.29. The van der Waals surface area contributed by atoms with E-state index in [0.717, 1.165) is 28.1 Å². The number of rotatable bonds is 2. The van der Waals surface area contributed by atoms with Gasteiger partial charge in [0.25, 0.3) is 0 Å². The van der Waals surface area contributed by atoms with Crippen molar-refractivity contribution in [3.05, 3.63) is 41.2 Å². The van der Waals surface area contributed by atoms with E-state index in [0.29, 0.717) is 10.8 Å². The Bertz CT molecular complexity index is 798. The molecule has 0 saturated carbocycles. The van der Waals surface area contributed by atoms with Crippen LogP contribution in [0.4, 0.5) is 5.82 Å². The average molecular weight is 302 g/mol. The zero-order valence-electron chi connectivity index (χ0n) is 12.1. The first-order valence-corrected chi connectivity index (χ1v) is 6.94. The average Bonchev–Trinajstić information content (AvgIpc) is 2.92. The Morgan fingerprint density at radius 2 is 1.76 bits per heavy atom. The standard InChI is InChI=1S/C15H16ClN5/c1-9-12(8-20(2)18-9)14-13(15(17)21(3)19-14)10-4-6-11(16)7-5-10/h4-8H,17H2,1-3H3. The molecule has 0 fully saturated rings. The van der Waals surface area contributed by atoms with Gasteiger partial charge in [-0.25, -0.2) is 0 Å². The van der Waals surface area contributed by atoms with Gasteiger partial charge in [0.15, 0.2) is 0 Å². The number of hydrogen-bond acceptors (Lipinski definition) is 3. The van der Waals surface area contributed by atoms with E-state index in [1.165, 1.54) is 0 Å². The number of nitrogens with two attached hydrogens (primary N) is 1. The molecule has 3 rings (SSSR count). The molecule has 0 unspecified atom stereocenters. The van der Waals surface area contributed by atoms with Crippen LogP contribution in [0.25, 0.3) is 22.4 Å². The van der Waals surface area contributed by atoms with Crippen molar-refractivity contribution in [3.63, 3.8) is 0 Å². The molecule has 3 aromatic rings. The van der Waals surface area contributed by atoms with Crippen LogP contribution < -0.4 is 5.73 Å². The molecule has 0 aliphatic heterocycles. The Hall–Kier alpha value is -2.27. The lowest BCUT2D eigenvalue weighted by molar-refractivity contribution is 0.756. The summed E-state index contributed by atoms with van der Waals surface area (Å²) >= 11 is 5.96. The van der Waals surface area contributed by atoms with Crippen molar-refractivity contribution in [1.29, 1.82) is 0 Å². The highest BCUT2D eigenvalue weighted by atomic mass is 35.5. The molecule has 108 valence electrons. The van der Waals surface area contributed by atoms with E-state index in [1.807, 2.05) is 51.5 Å².